The molecule has 0 aromatic heterocycles. The fourth-order valence-corrected chi connectivity index (χ4v) is 3.34. The monoisotopic (exact) mass is 447 g/mol. The van der Waals surface area contributed by atoms with Crippen LogP contribution in [0, 0.1) is 5.92 Å². The smallest absolute Gasteiger partial charge is 0.407 e. The van der Waals surface area contributed by atoms with Crippen LogP contribution in [0.3, 0.4) is 0 Å². The summed E-state index contributed by atoms with van der Waals surface area (Å²) in [4.78, 5) is 49.2. The van der Waals surface area contributed by atoms with E-state index in [9.17, 15) is 19.2 Å². The van der Waals surface area contributed by atoms with Crippen LogP contribution < -0.4 is 15.4 Å². The van der Waals surface area contributed by atoms with E-state index in [-0.39, 0.29) is 30.7 Å². The van der Waals surface area contributed by atoms with Crippen molar-refractivity contribution < 1.29 is 28.7 Å². The van der Waals surface area contributed by atoms with Crippen LogP contribution in [0.1, 0.15) is 57.3 Å². The Balaban J connectivity index is 1.68. The van der Waals surface area contributed by atoms with Crippen molar-refractivity contribution in [2.24, 2.45) is 5.92 Å². The highest BCUT2D eigenvalue weighted by Crippen LogP contribution is 2.18. The van der Waals surface area contributed by atoms with E-state index in [1.165, 1.54) is 13.0 Å². The van der Waals surface area contributed by atoms with E-state index in [0.717, 1.165) is 12.8 Å². The molecule has 1 aromatic carbocycles. The van der Waals surface area contributed by atoms with Crippen molar-refractivity contribution in [3.8, 4) is 5.75 Å². The summed E-state index contributed by atoms with van der Waals surface area (Å²) in [6, 6.07) is 6.47. The molecule has 9 heteroatoms. The first-order valence-corrected chi connectivity index (χ1v) is 10.8. The Bertz CT molecular complexity index is 825. The van der Waals surface area contributed by atoms with Crippen molar-refractivity contribution >= 4 is 23.9 Å². The number of benzene rings is 1. The summed E-state index contributed by atoms with van der Waals surface area (Å²) in [5, 5.41) is 5.51. The van der Waals surface area contributed by atoms with Gasteiger partial charge in [0.1, 0.15) is 11.4 Å². The van der Waals surface area contributed by atoms with Crippen LogP contribution in [-0.4, -0.2) is 60.6 Å². The molecule has 1 aromatic rings. The van der Waals surface area contributed by atoms with Crippen LogP contribution in [0.15, 0.2) is 24.3 Å². The first-order chi connectivity index (χ1) is 15.0. The van der Waals surface area contributed by atoms with Crippen LogP contribution in [0.2, 0.25) is 0 Å². The zero-order valence-electron chi connectivity index (χ0n) is 19.2. The Morgan fingerprint density at radius 2 is 1.78 bits per heavy atom. The standard InChI is InChI=1S/C23H33N3O6/c1-16(27)31-19-7-5-6-18(14-19)21(29)25-15-17-9-12-26(13-10-17)20(28)8-11-24-22(30)32-23(2,3)4/h5-7,14,17H,8-13,15H2,1-4H3,(H,24,30)(H,25,29). The third kappa shape index (κ3) is 8.95. The Morgan fingerprint density at radius 1 is 1.09 bits per heavy atom. The lowest BCUT2D eigenvalue weighted by atomic mass is 9.96. The third-order valence-electron chi connectivity index (χ3n) is 4.88. The first kappa shape index (κ1) is 25.2. The summed E-state index contributed by atoms with van der Waals surface area (Å²) in [6.07, 6.45) is 1.27. The summed E-state index contributed by atoms with van der Waals surface area (Å²) < 4.78 is 10.2. The van der Waals surface area contributed by atoms with Crippen LogP contribution in [0.25, 0.3) is 0 Å². The SMILES string of the molecule is CC(=O)Oc1cccc(C(=O)NCC2CCN(C(=O)CCNC(=O)OC(C)(C)C)CC2)c1. The number of rotatable bonds is 7. The number of nitrogens with zero attached hydrogens (tertiary/aromatic N) is 1. The number of nitrogens with one attached hydrogen (secondary N) is 2. The Labute approximate surface area is 188 Å². The van der Waals surface area contributed by atoms with Gasteiger partial charge in [-0.05, 0) is 57.7 Å². The summed E-state index contributed by atoms with van der Waals surface area (Å²) in [6.45, 7) is 8.64. The maximum atomic E-state index is 12.4. The summed E-state index contributed by atoms with van der Waals surface area (Å²) in [7, 11) is 0. The number of piperidine rings is 1. The zero-order chi connectivity index (χ0) is 23.7. The molecule has 0 saturated carbocycles. The van der Waals surface area contributed by atoms with E-state index < -0.39 is 17.7 Å². The fraction of sp³-hybridized carbons (Fsp3) is 0.565. The molecule has 1 aliphatic rings. The number of hydrogen-bond acceptors (Lipinski definition) is 6. The minimum Gasteiger partial charge on any atom is -0.444 e. The summed E-state index contributed by atoms with van der Waals surface area (Å²) in [5.74, 6) is -0.0706. The highest BCUT2D eigenvalue weighted by Gasteiger charge is 2.23. The number of alkyl carbamates (subject to hydrolysis) is 1. The molecule has 1 aliphatic heterocycles. The first-order valence-electron chi connectivity index (χ1n) is 10.8. The number of amides is 3. The quantitative estimate of drug-likeness (QED) is 0.490. The van der Waals surface area contributed by atoms with E-state index in [0.29, 0.717) is 30.9 Å². The second-order valence-electron chi connectivity index (χ2n) is 8.83. The fourth-order valence-electron chi connectivity index (χ4n) is 3.34. The van der Waals surface area contributed by atoms with E-state index in [1.54, 1.807) is 43.9 Å². The van der Waals surface area contributed by atoms with Crippen LogP contribution in [-0.2, 0) is 14.3 Å². The van der Waals surface area contributed by atoms with Gasteiger partial charge in [-0.1, -0.05) is 6.07 Å². The normalized spacial score (nSPS) is 14.4. The van der Waals surface area contributed by atoms with Gasteiger partial charge in [0.15, 0.2) is 0 Å². The molecule has 2 N–H and O–H groups in total. The Kier molecular flexibility index (Phi) is 9.04. The minimum absolute atomic E-state index is 0.00849. The van der Waals surface area contributed by atoms with Crippen molar-refractivity contribution in [2.75, 3.05) is 26.2 Å². The van der Waals surface area contributed by atoms with Crippen molar-refractivity contribution in [1.82, 2.24) is 15.5 Å². The van der Waals surface area contributed by atoms with Crippen LogP contribution >= 0.6 is 0 Å². The lowest BCUT2D eigenvalue weighted by Crippen LogP contribution is -2.42. The molecule has 0 spiro atoms. The molecule has 1 heterocycles. The average molecular weight is 448 g/mol. The number of carbonyl (C=O) groups excluding carboxylic acids is 4. The van der Waals surface area contributed by atoms with E-state index in [4.69, 9.17) is 9.47 Å². The highest BCUT2D eigenvalue weighted by molar-refractivity contribution is 5.94. The summed E-state index contributed by atoms with van der Waals surface area (Å²) in [5.41, 5.74) is -0.148. The van der Waals surface area contributed by atoms with E-state index in [1.807, 2.05) is 0 Å². The molecule has 1 saturated heterocycles. The van der Waals surface area contributed by atoms with Crippen molar-refractivity contribution in [3.63, 3.8) is 0 Å². The van der Waals surface area contributed by atoms with Gasteiger partial charge in [-0.2, -0.15) is 0 Å². The van der Waals surface area contributed by atoms with Gasteiger partial charge in [-0.15, -0.1) is 0 Å². The molecule has 176 valence electrons. The van der Waals surface area contributed by atoms with Crippen molar-refractivity contribution in [1.29, 1.82) is 0 Å². The lowest BCUT2D eigenvalue weighted by Gasteiger charge is -2.32. The minimum atomic E-state index is -0.573. The number of likely N-dealkylation sites (tertiary alicyclic amines) is 1. The predicted molar refractivity (Wildman–Crippen MR) is 118 cm³/mol. The zero-order valence-corrected chi connectivity index (χ0v) is 19.2. The third-order valence-corrected chi connectivity index (χ3v) is 4.88. The molecule has 2 rings (SSSR count). The number of carbonyl (C=O) groups is 4. The largest absolute Gasteiger partial charge is 0.444 e. The molecule has 32 heavy (non-hydrogen) atoms. The number of hydrogen-bond donors (Lipinski definition) is 2. The molecule has 9 nitrogen and oxygen atoms in total. The van der Waals surface area contributed by atoms with Gasteiger partial charge in [-0.3, -0.25) is 14.4 Å². The Morgan fingerprint density at radius 3 is 2.41 bits per heavy atom. The van der Waals surface area contributed by atoms with Gasteiger partial charge in [0.05, 0.1) is 0 Å². The molecule has 0 bridgehead atoms. The molecule has 0 unspecified atom stereocenters. The average Bonchev–Trinajstić information content (AvgIpc) is 2.70. The molecular weight excluding hydrogens is 414 g/mol. The molecule has 0 aliphatic carbocycles. The molecule has 1 fully saturated rings. The molecule has 0 atom stereocenters. The molecular formula is C23H33N3O6. The Hall–Kier alpha value is -3.10. The maximum Gasteiger partial charge on any atom is 0.407 e. The predicted octanol–water partition coefficient (Wildman–Crippen LogP) is 2.50. The second kappa shape index (κ2) is 11.5. The van der Waals surface area contributed by atoms with Crippen molar-refractivity contribution in [3.05, 3.63) is 29.8 Å². The van der Waals surface area contributed by atoms with Gasteiger partial charge in [0, 0.05) is 45.1 Å². The number of esters is 1. The van der Waals surface area contributed by atoms with E-state index >= 15 is 0 Å². The van der Waals surface area contributed by atoms with Crippen LogP contribution in [0.4, 0.5) is 4.79 Å². The lowest BCUT2D eigenvalue weighted by molar-refractivity contribution is -0.133. The molecule has 3 amide bonds. The summed E-state index contributed by atoms with van der Waals surface area (Å²) >= 11 is 0. The van der Waals surface area contributed by atoms with Gasteiger partial charge in [0.25, 0.3) is 5.91 Å². The van der Waals surface area contributed by atoms with Crippen LogP contribution in [0.5, 0.6) is 5.75 Å². The van der Waals surface area contributed by atoms with Gasteiger partial charge in [-0.25, -0.2) is 4.79 Å². The highest BCUT2D eigenvalue weighted by atomic mass is 16.6. The molecule has 0 radical (unpaired) electrons. The second-order valence-corrected chi connectivity index (χ2v) is 8.83. The van der Waals surface area contributed by atoms with Gasteiger partial charge in [0.2, 0.25) is 5.91 Å². The van der Waals surface area contributed by atoms with Gasteiger partial charge >= 0.3 is 12.1 Å². The van der Waals surface area contributed by atoms with Gasteiger partial charge < -0.3 is 25.0 Å². The number of ether oxygens (including phenoxy) is 2. The van der Waals surface area contributed by atoms with E-state index in [2.05, 4.69) is 10.6 Å². The maximum absolute atomic E-state index is 12.4. The van der Waals surface area contributed by atoms with Crippen molar-refractivity contribution in [2.45, 2.75) is 52.6 Å². The topological polar surface area (TPSA) is 114 Å².